The molecule has 0 aliphatic carbocycles. The molecule has 1 aliphatic heterocycles. The minimum atomic E-state index is -0.970. The number of anilines is 1. The molecule has 25 heavy (non-hydrogen) atoms. The maximum Gasteiger partial charge on any atom is 0.185 e. The van der Waals surface area contributed by atoms with E-state index >= 15 is 0 Å². The van der Waals surface area contributed by atoms with Crippen LogP contribution in [0.5, 0.6) is 0 Å². The van der Waals surface area contributed by atoms with Gasteiger partial charge in [0.2, 0.25) is 0 Å². The summed E-state index contributed by atoms with van der Waals surface area (Å²) < 4.78 is 1.61. The van der Waals surface area contributed by atoms with E-state index in [1.165, 1.54) is 0 Å². The van der Waals surface area contributed by atoms with Crippen LogP contribution < -0.4 is 4.90 Å². The average Bonchev–Trinajstić information content (AvgIpc) is 2.94. The van der Waals surface area contributed by atoms with Crippen LogP contribution in [0.4, 0.5) is 5.82 Å². The Bertz CT molecular complexity index is 985. The number of aromatic nitrogens is 4. The summed E-state index contributed by atoms with van der Waals surface area (Å²) in [5.41, 5.74) is 0.323. The number of fused-ring (bicyclic) bond motifs is 1. The Morgan fingerprint density at radius 1 is 1.16 bits per heavy atom. The fourth-order valence-corrected chi connectivity index (χ4v) is 3.42. The molecule has 1 aliphatic rings. The molecule has 1 N–H and O–H groups in total. The third-order valence-electron chi connectivity index (χ3n) is 4.07. The normalized spacial score (nSPS) is 15.8. The Morgan fingerprint density at radius 3 is 2.56 bits per heavy atom. The van der Waals surface area contributed by atoms with Crippen LogP contribution in [-0.4, -0.2) is 43.6 Å². The smallest absolute Gasteiger partial charge is 0.185 e. The van der Waals surface area contributed by atoms with Crippen molar-refractivity contribution < 1.29 is 5.11 Å². The number of aliphatic hydroxyl groups is 1. The molecule has 3 heterocycles. The zero-order valence-electron chi connectivity index (χ0n) is 12.9. The van der Waals surface area contributed by atoms with Crippen LogP contribution in [0.15, 0.2) is 30.3 Å². The summed E-state index contributed by atoms with van der Waals surface area (Å²) in [5.74, 6) is 1.19. The molecule has 0 unspecified atom stereocenters. The zero-order chi connectivity index (χ0) is 17.6. The van der Waals surface area contributed by atoms with Crippen molar-refractivity contribution in [1.29, 1.82) is 5.26 Å². The highest BCUT2D eigenvalue weighted by Crippen LogP contribution is 2.30. The van der Waals surface area contributed by atoms with E-state index in [9.17, 15) is 5.11 Å². The first-order valence-electron chi connectivity index (χ1n) is 7.51. The van der Waals surface area contributed by atoms with Gasteiger partial charge in [-0.15, -0.1) is 15.3 Å². The largest absolute Gasteiger partial charge is 0.385 e. The third-order valence-corrected chi connectivity index (χ3v) is 4.51. The molecule has 2 aromatic heterocycles. The summed E-state index contributed by atoms with van der Waals surface area (Å²) in [4.78, 5) is 1.89. The molecular weight excluding hydrogens is 363 g/mol. The van der Waals surface area contributed by atoms with Gasteiger partial charge in [0.25, 0.3) is 0 Å². The lowest BCUT2D eigenvalue weighted by Gasteiger charge is -2.45. The highest BCUT2D eigenvalue weighted by molar-refractivity contribution is 6.35. The van der Waals surface area contributed by atoms with Crippen LogP contribution >= 0.6 is 23.2 Å². The van der Waals surface area contributed by atoms with Crippen LogP contribution in [0.25, 0.3) is 17.0 Å². The number of rotatable bonds is 3. The van der Waals surface area contributed by atoms with Crippen molar-refractivity contribution in [3.05, 3.63) is 40.4 Å². The van der Waals surface area contributed by atoms with E-state index in [-0.39, 0.29) is 6.42 Å². The Balaban J connectivity index is 1.71. The van der Waals surface area contributed by atoms with Crippen molar-refractivity contribution in [3.63, 3.8) is 0 Å². The van der Waals surface area contributed by atoms with Gasteiger partial charge in [0.15, 0.2) is 11.5 Å². The predicted molar refractivity (Wildman–Crippen MR) is 93.6 cm³/mol. The van der Waals surface area contributed by atoms with Crippen LogP contribution in [0, 0.1) is 11.3 Å². The van der Waals surface area contributed by atoms with Gasteiger partial charge in [-0.3, -0.25) is 0 Å². The monoisotopic (exact) mass is 374 g/mol. The first kappa shape index (κ1) is 16.1. The Kier molecular flexibility index (Phi) is 3.76. The molecule has 0 bridgehead atoms. The molecule has 7 nitrogen and oxygen atoms in total. The number of nitriles is 1. The minimum Gasteiger partial charge on any atom is -0.385 e. The molecule has 1 saturated heterocycles. The van der Waals surface area contributed by atoms with Gasteiger partial charge >= 0.3 is 0 Å². The topological polar surface area (TPSA) is 90.3 Å². The van der Waals surface area contributed by atoms with Crippen LogP contribution in [0.2, 0.25) is 10.0 Å². The predicted octanol–water partition coefficient (Wildman–Crippen LogP) is 2.56. The second-order valence-corrected chi connectivity index (χ2v) is 6.93. The molecule has 0 saturated carbocycles. The number of benzene rings is 1. The fraction of sp³-hybridized carbons (Fsp3) is 0.250. The van der Waals surface area contributed by atoms with Gasteiger partial charge < -0.3 is 10.0 Å². The highest BCUT2D eigenvalue weighted by atomic mass is 35.5. The minimum absolute atomic E-state index is 0.102. The van der Waals surface area contributed by atoms with Gasteiger partial charge in [0.05, 0.1) is 25.6 Å². The number of hydrogen-bond acceptors (Lipinski definition) is 6. The highest BCUT2D eigenvalue weighted by Gasteiger charge is 2.41. The SMILES string of the molecule is N#CCC1(O)CN(c2ccc3nnc(-c4cc(Cl)cc(Cl)c4)n3n2)C1. The molecular formula is C16H12Cl2N6O. The van der Waals surface area contributed by atoms with Gasteiger partial charge in [-0.1, -0.05) is 23.2 Å². The van der Waals surface area contributed by atoms with Crippen molar-refractivity contribution in [2.24, 2.45) is 0 Å². The van der Waals surface area contributed by atoms with Crippen molar-refractivity contribution in [3.8, 4) is 17.5 Å². The molecule has 4 rings (SSSR count). The van der Waals surface area contributed by atoms with E-state index in [2.05, 4.69) is 15.3 Å². The molecule has 1 aromatic carbocycles. The van der Waals surface area contributed by atoms with E-state index in [4.69, 9.17) is 28.5 Å². The Labute approximate surface area is 153 Å². The molecule has 0 amide bonds. The maximum atomic E-state index is 10.2. The Morgan fingerprint density at radius 2 is 1.88 bits per heavy atom. The summed E-state index contributed by atoms with van der Waals surface area (Å²) in [7, 11) is 0. The number of halogens is 2. The maximum absolute atomic E-state index is 10.2. The van der Waals surface area contributed by atoms with Crippen molar-refractivity contribution in [2.45, 2.75) is 12.0 Å². The average molecular weight is 375 g/mol. The van der Waals surface area contributed by atoms with Gasteiger partial charge in [-0.25, -0.2) is 0 Å². The molecule has 3 aromatic rings. The number of hydrogen-bond donors (Lipinski definition) is 1. The molecule has 1 fully saturated rings. The van der Waals surface area contributed by atoms with Crippen molar-refractivity contribution >= 4 is 34.7 Å². The van der Waals surface area contributed by atoms with E-state index in [0.29, 0.717) is 46.0 Å². The van der Waals surface area contributed by atoms with Crippen molar-refractivity contribution in [1.82, 2.24) is 19.8 Å². The fourth-order valence-electron chi connectivity index (χ4n) is 2.90. The van der Waals surface area contributed by atoms with Gasteiger partial charge in [-0.2, -0.15) is 9.78 Å². The summed E-state index contributed by atoms with van der Waals surface area (Å²) in [6.07, 6.45) is 0.102. The second-order valence-electron chi connectivity index (χ2n) is 6.06. The van der Waals surface area contributed by atoms with Gasteiger partial charge in [0.1, 0.15) is 11.4 Å². The van der Waals surface area contributed by atoms with Crippen LogP contribution in [0.3, 0.4) is 0 Å². The lowest BCUT2D eigenvalue weighted by atomic mass is 9.91. The lowest BCUT2D eigenvalue weighted by Crippen LogP contribution is -2.62. The Hall–Kier alpha value is -2.40. The summed E-state index contributed by atoms with van der Waals surface area (Å²) in [5, 5.41) is 32.8. The van der Waals surface area contributed by atoms with E-state index < -0.39 is 5.60 Å². The summed E-state index contributed by atoms with van der Waals surface area (Å²) in [6, 6.07) is 10.7. The number of β-amino-alcohol motifs (C(OH)–C–C–N with tert-alkyl or cyclic N) is 1. The molecule has 0 spiro atoms. The lowest BCUT2D eigenvalue weighted by molar-refractivity contribution is 0.0161. The quantitative estimate of drug-likeness (QED) is 0.757. The van der Waals surface area contributed by atoms with E-state index in [1.54, 1.807) is 28.8 Å². The molecule has 9 heteroatoms. The molecule has 0 radical (unpaired) electrons. The second kappa shape index (κ2) is 5.85. The van der Waals surface area contributed by atoms with Gasteiger partial charge in [0, 0.05) is 15.6 Å². The summed E-state index contributed by atoms with van der Waals surface area (Å²) in [6.45, 7) is 0.721. The first-order valence-corrected chi connectivity index (χ1v) is 8.26. The third kappa shape index (κ3) is 2.89. The van der Waals surface area contributed by atoms with E-state index in [0.717, 1.165) is 0 Å². The standard InChI is InChI=1S/C16H12Cl2N6O/c17-11-5-10(6-12(18)7-11)15-21-20-13-1-2-14(22-24(13)15)23-8-16(25,9-23)3-4-19/h1-2,5-7,25H,3,8-9H2. The van der Waals surface area contributed by atoms with Crippen LogP contribution in [0.1, 0.15) is 6.42 Å². The van der Waals surface area contributed by atoms with E-state index in [1.807, 2.05) is 17.0 Å². The first-order chi connectivity index (χ1) is 12.0. The number of nitrogens with zero attached hydrogens (tertiary/aromatic N) is 6. The molecule has 0 atom stereocenters. The zero-order valence-corrected chi connectivity index (χ0v) is 14.4. The van der Waals surface area contributed by atoms with Crippen LogP contribution in [-0.2, 0) is 0 Å². The van der Waals surface area contributed by atoms with Crippen molar-refractivity contribution in [2.75, 3.05) is 18.0 Å². The summed E-state index contributed by atoms with van der Waals surface area (Å²) >= 11 is 12.1. The van der Waals surface area contributed by atoms with Gasteiger partial charge in [-0.05, 0) is 30.3 Å². The molecule has 126 valence electrons.